The van der Waals surface area contributed by atoms with Gasteiger partial charge in [0.25, 0.3) is 0 Å². The Morgan fingerprint density at radius 2 is 1.61 bits per heavy atom. The van der Waals surface area contributed by atoms with Gasteiger partial charge in [-0.25, -0.2) is 8.42 Å². The summed E-state index contributed by atoms with van der Waals surface area (Å²) < 4.78 is 33.2. The van der Waals surface area contributed by atoms with Crippen molar-refractivity contribution in [1.82, 2.24) is 0 Å². The van der Waals surface area contributed by atoms with E-state index in [2.05, 4.69) is 6.92 Å². The predicted octanol–water partition coefficient (Wildman–Crippen LogP) is -0.574. The van der Waals surface area contributed by atoms with Gasteiger partial charge in [0.2, 0.25) is 0 Å². The molecule has 0 aliphatic heterocycles. The van der Waals surface area contributed by atoms with E-state index in [1.54, 1.807) is 6.92 Å². The van der Waals surface area contributed by atoms with Crippen LogP contribution in [0.5, 0.6) is 0 Å². The molecule has 0 aromatic heterocycles. The molecular formula is C12H25NaO4S. The van der Waals surface area contributed by atoms with Gasteiger partial charge in [-0.3, -0.25) is 0 Å². The first-order chi connectivity index (χ1) is 7.88. The van der Waals surface area contributed by atoms with E-state index in [9.17, 15) is 13.0 Å². The normalized spacial score (nSPS) is 14.9. The molecule has 0 rings (SSSR count). The maximum absolute atomic E-state index is 11.1. The van der Waals surface area contributed by atoms with Crippen LogP contribution < -0.4 is 29.6 Å². The molecule has 18 heavy (non-hydrogen) atoms. The minimum absolute atomic E-state index is 0. The third-order valence-corrected chi connectivity index (χ3v) is 4.22. The molecule has 0 aliphatic carbocycles. The van der Waals surface area contributed by atoms with E-state index in [0.29, 0.717) is 25.7 Å². The zero-order chi connectivity index (χ0) is 13.3. The number of rotatable bonds is 10. The van der Waals surface area contributed by atoms with Gasteiger partial charge >= 0.3 is 29.6 Å². The van der Waals surface area contributed by atoms with Crippen LogP contribution in [0.15, 0.2) is 0 Å². The topological polar surface area (TPSA) is 77.4 Å². The molecular weight excluding hydrogens is 263 g/mol. The van der Waals surface area contributed by atoms with E-state index >= 15 is 0 Å². The Bertz CT molecular complexity index is 278. The Balaban J connectivity index is 0. The SMILES string of the molecule is CCCCCCC(CCCC(C)O)S(=O)(=O)[O-].[Na+]. The minimum atomic E-state index is -4.18. The predicted molar refractivity (Wildman–Crippen MR) is 67.8 cm³/mol. The van der Waals surface area contributed by atoms with Crippen molar-refractivity contribution in [3.63, 3.8) is 0 Å². The monoisotopic (exact) mass is 288 g/mol. The molecule has 104 valence electrons. The van der Waals surface area contributed by atoms with E-state index in [1.165, 1.54) is 0 Å². The molecule has 0 amide bonds. The molecule has 0 aromatic rings. The van der Waals surface area contributed by atoms with E-state index < -0.39 is 21.5 Å². The smallest absolute Gasteiger partial charge is 0.748 e. The second-order valence-electron chi connectivity index (χ2n) is 4.74. The Morgan fingerprint density at radius 1 is 1.06 bits per heavy atom. The van der Waals surface area contributed by atoms with Gasteiger partial charge in [0.05, 0.1) is 16.2 Å². The molecule has 0 saturated heterocycles. The summed E-state index contributed by atoms with van der Waals surface area (Å²) in [6.45, 7) is 3.76. The van der Waals surface area contributed by atoms with Crippen LogP contribution >= 0.6 is 0 Å². The fourth-order valence-electron chi connectivity index (χ4n) is 1.87. The van der Waals surface area contributed by atoms with Crippen LogP contribution in [0.25, 0.3) is 0 Å². The summed E-state index contributed by atoms with van der Waals surface area (Å²) in [5.74, 6) is 0. The maximum Gasteiger partial charge on any atom is 1.00 e. The zero-order valence-corrected chi connectivity index (χ0v) is 14.7. The van der Waals surface area contributed by atoms with Crippen molar-refractivity contribution in [1.29, 1.82) is 0 Å². The average molecular weight is 288 g/mol. The summed E-state index contributed by atoms with van der Waals surface area (Å²) >= 11 is 0. The van der Waals surface area contributed by atoms with Crippen molar-refractivity contribution in [3.05, 3.63) is 0 Å². The molecule has 0 saturated carbocycles. The standard InChI is InChI=1S/C12H26O4S.Na/c1-3-4-5-6-9-12(17(14,15)16)10-7-8-11(2)13;/h11-13H,3-10H2,1-2H3,(H,14,15,16);/q;+1/p-1. The molecule has 0 heterocycles. The summed E-state index contributed by atoms with van der Waals surface area (Å²) in [6, 6.07) is 0. The first kappa shape index (κ1) is 21.2. The van der Waals surface area contributed by atoms with Gasteiger partial charge in [-0.05, 0) is 32.6 Å². The molecule has 0 fully saturated rings. The molecule has 0 radical (unpaired) electrons. The van der Waals surface area contributed by atoms with Crippen molar-refractivity contribution in [2.75, 3.05) is 0 Å². The number of aliphatic hydroxyl groups excluding tert-OH is 1. The molecule has 2 unspecified atom stereocenters. The molecule has 6 heteroatoms. The third-order valence-electron chi connectivity index (χ3n) is 2.94. The number of hydrogen-bond acceptors (Lipinski definition) is 4. The maximum atomic E-state index is 11.1. The van der Waals surface area contributed by atoms with E-state index in [0.717, 1.165) is 25.7 Å². The summed E-state index contributed by atoms with van der Waals surface area (Å²) in [7, 11) is -4.18. The summed E-state index contributed by atoms with van der Waals surface area (Å²) in [5, 5.41) is 8.32. The van der Waals surface area contributed by atoms with Gasteiger partial charge in [-0.1, -0.05) is 32.6 Å². The number of hydrogen-bond donors (Lipinski definition) is 1. The van der Waals surface area contributed by atoms with Gasteiger partial charge in [-0.2, -0.15) is 0 Å². The molecule has 0 spiro atoms. The molecule has 1 N–H and O–H groups in total. The van der Waals surface area contributed by atoms with Gasteiger partial charge in [0.15, 0.2) is 0 Å². The second-order valence-corrected chi connectivity index (χ2v) is 6.40. The molecule has 0 aliphatic rings. The van der Waals surface area contributed by atoms with Gasteiger partial charge < -0.3 is 9.66 Å². The molecule has 0 aromatic carbocycles. The molecule has 2 atom stereocenters. The summed E-state index contributed by atoms with van der Waals surface area (Å²) in [4.78, 5) is 0. The second kappa shape index (κ2) is 11.7. The van der Waals surface area contributed by atoms with Crippen LogP contribution in [-0.4, -0.2) is 29.4 Å². The van der Waals surface area contributed by atoms with Crippen molar-refractivity contribution in [2.24, 2.45) is 0 Å². The van der Waals surface area contributed by atoms with E-state index in [1.807, 2.05) is 0 Å². The molecule has 0 bridgehead atoms. The summed E-state index contributed by atoms with van der Waals surface area (Å²) in [5.41, 5.74) is 0. The van der Waals surface area contributed by atoms with Crippen LogP contribution in [0.2, 0.25) is 0 Å². The Labute approximate surface area is 134 Å². The van der Waals surface area contributed by atoms with Crippen molar-refractivity contribution >= 4 is 10.1 Å². The first-order valence-electron chi connectivity index (χ1n) is 6.50. The van der Waals surface area contributed by atoms with Crippen LogP contribution in [0.4, 0.5) is 0 Å². The number of unbranched alkanes of at least 4 members (excludes halogenated alkanes) is 3. The van der Waals surface area contributed by atoms with Gasteiger partial charge in [0, 0.05) is 5.25 Å². The van der Waals surface area contributed by atoms with Crippen LogP contribution in [0.3, 0.4) is 0 Å². The Hall–Kier alpha value is 0.870. The largest absolute Gasteiger partial charge is 1.00 e. The fraction of sp³-hybridized carbons (Fsp3) is 1.00. The van der Waals surface area contributed by atoms with Crippen LogP contribution in [-0.2, 0) is 10.1 Å². The quantitative estimate of drug-likeness (QED) is 0.332. The number of aliphatic hydroxyl groups is 1. The van der Waals surface area contributed by atoms with Crippen molar-refractivity contribution < 1.29 is 47.6 Å². The fourth-order valence-corrected chi connectivity index (χ4v) is 2.78. The van der Waals surface area contributed by atoms with Gasteiger partial charge in [-0.15, -0.1) is 0 Å². The van der Waals surface area contributed by atoms with Crippen LogP contribution in [0, 0.1) is 0 Å². The van der Waals surface area contributed by atoms with Crippen molar-refractivity contribution in [2.45, 2.75) is 76.6 Å². The Kier molecular flexibility index (Phi) is 13.7. The minimum Gasteiger partial charge on any atom is -0.748 e. The first-order valence-corrected chi connectivity index (χ1v) is 7.97. The van der Waals surface area contributed by atoms with E-state index in [4.69, 9.17) is 5.11 Å². The van der Waals surface area contributed by atoms with E-state index in [-0.39, 0.29) is 29.6 Å². The summed E-state index contributed by atoms with van der Waals surface area (Å²) in [6.07, 6.45) is 5.53. The van der Waals surface area contributed by atoms with Gasteiger partial charge in [0.1, 0.15) is 0 Å². The van der Waals surface area contributed by atoms with Crippen molar-refractivity contribution in [3.8, 4) is 0 Å². The average Bonchev–Trinajstić information content (AvgIpc) is 2.19. The van der Waals surface area contributed by atoms with Crippen LogP contribution in [0.1, 0.15) is 65.2 Å². The molecule has 4 nitrogen and oxygen atoms in total. The Morgan fingerprint density at radius 3 is 2.06 bits per heavy atom. The zero-order valence-electron chi connectivity index (χ0n) is 11.9. The third kappa shape index (κ3) is 11.9.